The monoisotopic (exact) mass is 525 g/mol. The number of carbonyl (C=O) groups excluding carboxylic acids is 1. The predicted molar refractivity (Wildman–Crippen MR) is 140 cm³/mol. The molecule has 3 heterocycles. The summed E-state index contributed by atoms with van der Waals surface area (Å²) in [5.74, 6) is -0.501. The fourth-order valence-corrected chi connectivity index (χ4v) is 5.79. The Bertz CT molecular complexity index is 1670. The van der Waals surface area contributed by atoms with Crippen molar-refractivity contribution in [3.05, 3.63) is 81.0 Å². The van der Waals surface area contributed by atoms with Crippen molar-refractivity contribution in [3.63, 3.8) is 0 Å². The molecule has 3 aromatic heterocycles. The lowest BCUT2D eigenvalue weighted by atomic mass is 10.0. The third-order valence-corrected chi connectivity index (χ3v) is 8.31. The van der Waals surface area contributed by atoms with E-state index in [0.29, 0.717) is 35.1 Å². The van der Waals surface area contributed by atoms with Crippen LogP contribution in [0.1, 0.15) is 41.4 Å². The third-order valence-electron chi connectivity index (χ3n) is 6.27. The highest BCUT2D eigenvalue weighted by molar-refractivity contribution is 7.91. The van der Waals surface area contributed by atoms with E-state index in [1.54, 1.807) is 22.9 Å². The van der Waals surface area contributed by atoms with E-state index < -0.39 is 26.7 Å². The molecule has 186 valence electrons. The Kier molecular flexibility index (Phi) is 6.09. The number of nitrogens with one attached hydrogen (secondary N) is 2. The Hall–Kier alpha value is -3.63. The highest BCUT2D eigenvalue weighted by atomic mass is 35.5. The number of aromatic amines is 1. The number of pyridine rings is 2. The minimum atomic E-state index is -3.85. The summed E-state index contributed by atoms with van der Waals surface area (Å²) in [6.07, 6.45) is 4.66. The summed E-state index contributed by atoms with van der Waals surface area (Å²) in [6, 6.07) is 10.6. The second-order valence-electron chi connectivity index (χ2n) is 8.84. The van der Waals surface area contributed by atoms with Gasteiger partial charge in [0, 0.05) is 35.4 Å². The largest absolute Gasteiger partial charge is 0.384 e. The van der Waals surface area contributed by atoms with Gasteiger partial charge in [0.15, 0.2) is 0 Å². The fourth-order valence-electron chi connectivity index (χ4n) is 4.35. The lowest BCUT2D eigenvalue weighted by molar-refractivity contribution is 0.0974. The third kappa shape index (κ3) is 4.49. The summed E-state index contributed by atoms with van der Waals surface area (Å²) in [6.45, 7) is 2.19. The number of nitrogens with zero attached hydrogens (tertiary/aromatic N) is 2. The number of carbonyl (C=O) groups is 1. The molecule has 0 aliphatic heterocycles. The van der Waals surface area contributed by atoms with E-state index in [4.69, 9.17) is 17.3 Å². The number of nitrogen functional groups attached to an aromatic ring is 1. The van der Waals surface area contributed by atoms with Crippen LogP contribution in [0.25, 0.3) is 22.0 Å². The second-order valence-corrected chi connectivity index (χ2v) is 11.2. The molecule has 0 spiro atoms. The van der Waals surface area contributed by atoms with Gasteiger partial charge in [-0.1, -0.05) is 24.6 Å². The molecular formula is C25H24ClN5O4S. The number of amides is 1. The van der Waals surface area contributed by atoms with Gasteiger partial charge in [0.2, 0.25) is 10.0 Å². The quantitative estimate of drug-likeness (QED) is 0.337. The van der Waals surface area contributed by atoms with Crippen molar-refractivity contribution >= 4 is 44.3 Å². The standard InChI is InChI=1S/C25H24ClN5O4S/c1-2-14-3-6-20-18(9-14)22(19-11-16(26)12-29-24(19)32)23(25(33)30-36(34,35)17-4-5-17)31(20)13-15-7-8-28-21(27)10-15/h3,6-12,17H,2,4-5,13H2,1H3,(H2,27,28)(H,29,32)(H,30,33). The summed E-state index contributed by atoms with van der Waals surface area (Å²) in [4.78, 5) is 33.3. The molecule has 1 aliphatic rings. The van der Waals surface area contributed by atoms with Crippen molar-refractivity contribution in [3.8, 4) is 11.1 Å². The van der Waals surface area contributed by atoms with Crippen LogP contribution in [0.15, 0.2) is 53.6 Å². The molecule has 1 fully saturated rings. The maximum atomic E-state index is 13.7. The van der Waals surface area contributed by atoms with Gasteiger partial charge in [0.05, 0.1) is 15.8 Å². The molecule has 4 aromatic rings. The van der Waals surface area contributed by atoms with E-state index in [-0.39, 0.29) is 22.8 Å². The predicted octanol–water partition coefficient (Wildman–Crippen LogP) is 3.46. The van der Waals surface area contributed by atoms with Crippen LogP contribution in [0.4, 0.5) is 5.82 Å². The number of sulfonamides is 1. The van der Waals surface area contributed by atoms with Crippen molar-refractivity contribution in [2.75, 3.05) is 5.73 Å². The van der Waals surface area contributed by atoms with E-state index >= 15 is 0 Å². The van der Waals surface area contributed by atoms with Crippen molar-refractivity contribution in [1.29, 1.82) is 0 Å². The lowest BCUT2D eigenvalue weighted by Gasteiger charge is -2.13. The zero-order valence-electron chi connectivity index (χ0n) is 19.4. The molecule has 1 aromatic carbocycles. The van der Waals surface area contributed by atoms with E-state index in [2.05, 4.69) is 14.7 Å². The average molecular weight is 526 g/mol. The molecule has 1 saturated carbocycles. The van der Waals surface area contributed by atoms with Crippen LogP contribution in [-0.4, -0.2) is 34.1 Å². The Labute approximate surface area is 212 Å². The molecule has 0 atom stereocenters. The van der Waals surface area contributed by atoms with Gasteiger partial charge in [-0.05, 0) is 60.7 Å². The topological polar surface area (TPSA) is 140 Å². The summed E-state index contributed by atoms with van der Waals surface area (Å²) in [7, 11) is -3.85. The molecule has 11 heteroatoms. The maximum absolute atomic E-state index is 13.7. The number of anilines is 1. The molecule has 36 heavy (non-hydrogen) atoms. The first kappa shape index (κ1) is 24.1. The van der Waals surface area contributed by atoms with Crippen LogP contribution in [0.3, 0.4) is 0 Å². The van der Waals surface area contributed by atoms with Crippen molar-refractivity contribution in [2.45, 2.75) is 38.0 Å². The Morgan fingerprint density at radius 1 is 1.22 bits per heavy atom. The zero-order chi connectivity index (χ0) is 25.6. The van der Waals surface area contributed by atoms with E-state index in [1.807, 2.05) is 25.1 Å². The average Bonchev–Trinajstić information content (AvgIpc) is 3.65. The number of nitrogens with two attached hydrogens (primary N) is 1. The van der Waals surface area contributed by atoms with E-state index in [1.165, 1.54) is 12.3 Å². The highest BCUT2D eigenvalue weighted by Gasteiger charge is 2.38. The minimum Gasteiger partial charge on any atom is -0.384 e. The number of hydrogen-bond acceptors (Lipinski definition) is 6. The second kappa shape index (κ2) is 9.11. The maximum Gasteiger partial charge on any atom is 0.282 e. The molecule has 0 bridgehead atoms. The fraction of sp³-hybridized carbons (Fsp3) is 0.240. The number of fused-ring (bicyclic) bond motifs is 1. The number of rotatable bonds is 7. The van der Waals surface area contributed by atoms with E-state index in [0.717, 1.165) is 17.5 Å². The van der Waals surface area contributed by atoms with Crippen molar-refractivity contribution in [2.24, 2.45) is 0 Å². The summed E-state index contributed by atoms with van der Waals surface area (Å²) in [5.41, 5.74) is 8.36. The van der Waals surface area contributed by atoms with Crippen LogP contribution >= 0.6 is 11.6 Å². The molecule has 0 radical (unpaired) electrons. The first-order valence-corrected chi connectivity index (χ1v) is 13.4. The number of aromatic nitrogens is 3. The Balaban J connectivity index is 1.82. The molecule has 9 nitrogen and oxygen atoms in total. The van der Waals surface area contributed by atoms with Gasteiger partial charge in [-0.2, -0.15) is 0 Å². The van der Waals surface area contributed by atoms with Gasteiger partial charge in [0.25, 0.3) is 11.5 Å². The number of hydrogen-bond donors (Lipinski definition) is 3. The Morgan fingerprint density at radius 3 is 2.69 bits per heavy atom. The molecular weight excluding hydrogens is 502 g/mol. The highest BCUT2D eigenvalue weighted by Crippen LogP contribution is 2.36. The zero-order valence-corrected chi connectivity index (χ0v) is 21.0. The van der Waals surface area contributed by atoms with Gasteiger partial charge in [0.1, 0.15) is 11.5 Å². The Morgan fingerprint density at radius 2 is 2.00 bits per heavy atom. The number of H-pyrrole nitrogens is 1. The van der Waals surface area contributed by atoms with Crippen LogP contribution < -0.4 is 16.0 Å². The molecule has 4 N–H and O–H groups in total. The lowest BCUT2D eigenvalue weighted by Crippen LogP contribution is -2.35. The number of halogens is 1. The molecule has 0 saturated heterocycles. The summed E-state index contributed by atoms with van der Waals surface area (Å²) >= 11 is 6.22. The van der Waals surface area contributed by atoms with E-state index in [9.17, 15) is 18.0 Å². The van der Waals surface area contributed by atoms with Gasteiger partial charge in [-0.15, -0.1) is 0 Å². The van der Waals surface area contributed by atoms with Crippen LogP contribution in [0.2, 0.25) is 5.02 Å². The van der Waals surface area contributed by atoms with Gasteiger partial charge in [-0.25, -0.2) is 18.1 Å². The van der Waals surface area contributed by atoms with Crippen LogP contribution in [-0.2, 0) is 23.0 Å². The van der Waals surface area contributed by atoms with Crippen LogP contribution in [0.5, 0.6) is 0 Å². The molecule has 1 amide bonds. The molecule has 1 aliphatic carbocycles. The molecule has 0 unspecified atom stereocenters. The summed E-state index contributed by atoms with van der Waals surface area (Å²) < 4.78 is 29.4. The number of benzene rings is 1. The van der Waals surface area contributed by atoms with Gasteiger partial charge >= 0.3 is 0 Å². The first-order valence-electron chi connectivity index (χ1n) is 11.5. The minimum absolute atomic E-state index is 0.0469. The molecule has 5 rings (SSSR count). The van der Waals surface area contributed by atoms with Gasteiger partial charge in [-0.3, -0.25) is 9.59 Å². The normalized spacial score (nSPS) is 13.7. The van der Waals surface area contributed by atoms with Crippen molar-refractivity contribution < 1.29 is 13.2 Å². The number of aryl methyl sites for hydroxylation is 1. The van der Waals surface area contributed by atoms with Gasteiger partial charge < -0.3 is 15.3 Å². The van der Waals surface area contributed by atoms with Crippen LogP contribution in [0, 0.1) is 0 Å². The van der Waals surface area contributed by atoms with Crippen molar-refractivity contribution in [1.82, 2.24) is 19.3 Å². The smallest absolute Gasteiger partial charge is 0.282 e. The first-order chi connectivity index (χ1) is 17.2. The SMILES string of the molecule is CCc1ccc2c(c1)c(-c1cc(Cl)c[nH]c1=O)c(C(=O)NS(=O)(=O)C1CC1)n2Cc1ccnc(N)c1. The summed E-state index contributed by atoms with van der Waals surface area (Å²) in [5, 5.41) is 0.318.